The van der Waals surface area contributed by atoms with Crippen molar-refractivity contribution in [3.05, 3.63) is 64.7 Å². The van der Waals surface area contributed by atoms with Crippen LogP contribution in [-0.4, -0.2) is 16.1 Å². The third-order valence-electron chi connectivity index (χ3n) is 2.59. The molecule has 19 heavy (non-hydrogen) atoms. The van der Waals surface area contributed by atoms with Crippen molar-refractivity contribution in [2.45, 2.75) is 6.42 Å². The number of carboxylic acid groups (broad SMARTS) is 1. The molecule has 0 amide bonds. The first-order valence-electron chi connectivity index (χ1n) is 5.47. The lowest BCUT2D eigenvalue weighted by Gasteiger charge is -2.04. The lowest BCUT2D eigenvalue weighted by Crippen LogP contribution is -2.05. The summed E-state index contributed by atoms with van der Waals surface area (Å²) in [5.74, 6) is -1.55. The Morgan fingerprint density at radius 2 is 2.00 bits per heavy atom. The molecule has 0 fully saturated rings. The van der Waals surface area contributed by atoms with Gasteiger partial charge in [0.25, 0.3) is 0 Å². The van der Waals surface area contributed by atoms with Crippen molar-refractivity contribution in [2.24, 2.45) is 0 Å². The van der Waals surface area contributed by atoms with Gasteiger partial charge in [-0.3, -0.25) is 0 Å². The number of pyridine rings is 1. The first kappa shape index (κ1) is 12.7. The highest BCUT2D eigenvalue weighted by molar-refractivity contribution is 5.88. The number of hydrogen-bond donors (Lipinski definition) is 1. The van der Waals surface area contributed by atoms with Crippen molar-refractivity contribution in [2.75, 3.05) is 0 Å². The molecule has 2 rings (SSSR count). The molecular formula is C14H9FN2O2. The molecule has 5 heteroatoms. The van der Waals surface area contributed by atoms with E-state index < -0.39 is 5.97 Å². The molecule has 0 bridgehead atoms. The smallest absolute Gasteiger partial charge is 0.355 e. The second-order valence-corrected chi connectivity index (χ2v) is 3.96. The summed E-state index contributed by atoms with van der Waals surface area (Å²) in [5, 5.41) is 17.7. The maximum atomic E-state index is 12.8. The average molecular weight is 256 g/mol. The van der Waals surface area contributed by atoms with Crippen LogP contribution < -0.4 is 0 Å². The third-order valence-corrected chi connectivity index (χ3v) is 2.59. The van der Waals surface area contributed by atoms with E-state index in [1.165, 1.54) is 24.4 Å². The summed E-state index contributed by atoms with van der Waals surface area (Å²) in [4.78, 5) is 14.6. The normalized spacial score (nSPS) is 9.89. The zero-order valence-corrected chi connectivity index (χ0v) is 9.80. The van der Waals surface area contributed by atoms with Crippen LogP contribution in [0.3, 0.4) is 0 Å². The van der Waals surface area contributed by atoms with Crippen molar-refractivity contribution in [1.29, 1.82) is 5.26 Å². The zero-order valence-electron chi connectivity index (χ0n) is 9.80. The molecule has 0 aliphatic rings. The molecule has 94 valence electrons. The Morgan fingerprint density at radius 1 is 1.32 bits per heavy atom. The standard InChI is InChI=1S/C14H9FN2O2/c15-12-3-1-9(2-4-12)5-10-6-11(7-16)13(14(18)19)17-8-10/h1-4,6,8H,5H2,(H,18,19). The Balaban J connectivity index is 2.29. The summed E-state index contributed by atoms with van der Waals surface area (Å²) in [7, 11) is 0. The van der Waals surface area contributed by atoms with Crippen LogP contribution in [0.4, 0.5) is 4.39 Å². The molecule has 0 unspecified atom stereocenters. The topological polar surface area (TPSA) is 74.0 Å². The fourth-order valence-corrected chi connectivity index (χ4v) is 1.70. The van der Waals surface area contributed by atoms with Gasteiger partial charge in [0.1, 0.15) is 11.9 Å². The Labute approximate surface area is 108 Å². The van der Waals surface area contributed by atoms with Gasteiger partial charge in [-0.25, -0.2) is 14.2 Å². The van der Waals surface area contributed by atoms with Gasteiger partial charge in [0, 0.05) is 6.20 Å². The van der Waals surface area contributed by atoms with Crippen LogP contribution in [0.15, 0.2) is 36.5 Å². The van der Waals surface area contributed by atoms with Gasteiger partial charge in [0.15, 0.2) is 5.69 Å². The zero-order chi connectivity index (χ0) is 13.8. The van der Waals surface area contributed by atoms with Crippen molar-refractivity contribution < 1.29 is 14.3 Å². The number of aromatic nitrogens is 1. The first-order chi connectivity index (χ1) is 9.10. The van der Waals surface area contributed by atoms with Gasteiger partial charge in [0.05, 0.1) is 5.56 Å². The van der Waals surface area contributed by atoms with E-state index in [9.17, 15) is 9.18 Å². The Hall–Kier alpha value is -2.74. The molecule has 4 nitrogen and oxygen atoms in total. The minimum absolute atomic E-state index is 0.0205. The number of carboxylic acids is 1. The molecule has 0 radical (unpaired) electrons. The number of nitriles is 1. The minimum Gasteiger partial charge on any atom is -0.476 e. The van der Waals surface area contributed by atoms with Crippen molar-refractivity contribution in [1.82, 2.24) is 4.98 Å². The highest BCUT2D eigenvalue weighted by Crippen LogP contribution is 2.13. The molecule has 2 aromatic rings. The molecule has 1 aromatic heterocycles. The number of hydrogen-bond acceptors (Lipinski definition) is 3. The molecule has 1 heterocycles. The van der Waals surface area contributed by atoms with Gasteiger partial charge in [-0.1, -0.05) is 12.1 Å². The highest BCUT2D eigenvalue weighted by atomic mass is 19.1. The van der Waals surface area contributed by atoms with E-state index in [0.717, 1.165) is 5.56 Å². The second-order valence-electron chi connectivity index (χ2n) is 3.96. The number of halogens is 1. The van der Waals surface area contributed by atoms with Crippen LogP contribution in [0.2, 0.25) is 0 Å². The van der Waals surface area contributed by atoms with E-state index in [4.69, 9.17) is 10.4 Å². The van der Waals surface area contributed by atoms with Crippen molar-refractivity contribution in [3.8, 4) is 6.07 Å². The van der Waals surface area contributed by atoms with E-state index in [1.807, 2.05) is 6.07 Å². The lowest BCUT2D eigenvalue weighted by molar-refractivity contribution is 0.0690. The van der Waals surface area contributed by atoms with Crippen molar-refractivity contribution in [3.63, 3.8) is 0 Å². The predicted molar refractivity (Wildman–Crippen MR) is 65.1 cm³/mol. The summed E-state index contributed by atoms with van der Waals surface area (Å²) in [6.45, 7) is 0. The molecule has 1 N–H and O–H groups in total. The monoisotopic (exact) mass is 256 g/mol. The maximum Gasteiger partial charge on any atom is 0.355 e. The molecule has 0 spiro atoms. The Bertz CT molecular complexity index is 660. The van der Waals surface area contributed by atoms with Gasteiger partial charge < -0.3 is 5.11 Å². The number of aromatic carboxylic acids is 1. The molecule has 0 saturated heterocycles. The fourth-order valence-electron chi connectivity index (χ4n) is 1.70. The van der Waals surface area contributed by atoms with E-state index in [0.29, 0.717) is 12.0 Å². The van der Waals surface area contributed by atoms with Crippen LogP contribution in [0.5, 0.6) is 0 Å². The van der Waals surface area contributed by atoms with Gasteiger partial charge in [-0.15, -0.1) is 0 Å². The average Bonchev–Trinajstić information content (AvgIpc) is 2.41. The van der Waals surface area contributed by atoms with Gasteiger partial charge in [-0.2, -0.15) is 5.26 Å². The predicted octanol–water partition coefficient (Wildman–Crippen LogP) is 2.38. The van der Waals surface area contributed by atoms with E-state index in [-0.39, 0.29) is 17.1 Å². The van der Waals surface area contributed by atoms with Crippen LogP contribution >= 0.6 is 0 Å². The highest BCUT2D eigenvalue weighted by Gasteiger charge is 2.12. The number of nitrogens with zero attached hydrogens (tertiary/aromatic N) is 2. The minimum atomic E-state index is -1.23. The van der Waals surface area contributed by atoms with Crippen LogP contribution in [0.25, 0.3) is 0 Å². The third kappa shape index (κ3) is 2.93. The van der Waals surface area contributed by atoms with Crippen LogP contribution in [-0.2, 0) is 6.42 Å². The summed E-state index contributed by atoms with van der Waals surface area (Å²) in [6.07, 6.45) is 1.87. The quantitative estimate of drug-likeness (QED) is 0.914. The summed E-state index contributed by atoms with van der Waals surface area (Å²) < 4.78 is 12.8. The summed E-state index contributed by atoms with van der Waals surface area (Å²) >= 11 is 0. The molecular weight excluding hydrogens is 247 g/mol. The first-order valence-corrected chi connectivity index (χ1v) is 5.47. The lowest BCUT2D eigenvalue weighted by atomic mass is 10.0. The maximum absolute atomic E-state index is 12.8. The summed E-state index contributed by atoms with van der Waals surface area (Å²) in [5.41, 5.74) is 1.32. The van der Waals surface area contributed by atoms with Crippen LogP contribution in [0.1, 0.15) is 27.2 Å². The van der Waals surface area contributed by atoms with Crippen molar-refractivity contribution >= 4 is 5.97 Å². The van der Waals surface area contributed by atoms with Gasteiger partial charge in [0.2, 0.25) is 0 Å². The Kier molecular flexibility index (Phi) is 3.53. The molecule has 0 aliphatic carbocycles. The molecule has 0 saturated carbocycles. The molecule has 1 aromatic carbocycles. The Morgan fingerprint density at radius 3 is 2.58 bits per heavy atom. The number of benzene rings is 1. The number of carbonyl (C=O) groups is 1. The SMILES string of the molecule is N#Cc1cc(Cc2ccc(F)cc2)cnc1C(=O)O. The summed E-state index contributed by atoms with van der Waals surface area (Å²) in [6, 6.07) is 9.25. The van der Waals surface area contributed by atoms with E-state index in [1.54, 1.807) is 12.1 Å². The second kappa shape index (κ2) is 5.27. The number of rotatable bonds is 3. The largest absolute Gasteiger partial charge is 0.476 e. The van der Waals surface area contributed by atoms with Gasteiger partial charge >= 0.3 is 5.97 Å². The van der Waals surface area contributed by atoms with E-state index in [2.05, 4.69) is 4.98 Å². The van der Waals surface area contributed by atoms with E-state index >= 15 is 0 Å². The van der Waals surface area contributed by atoms with Crippen LogP contribution in [0, 0.1) is 17.1 Å². The van der Waals surface area contributed by atoms with Gasteiger partial charge in [-0.05, 0) is 35.7 Å². The fraction of sp³-hybridized carbons (Fsp3) is 0.0714. The molecule has 0 atom stereocenters. The molecule has 0 aliphatic heterocycles.